The van der Waals surface area contributed by atoms with Crippen LogP contribution in [0.15, 0.2) is 109 Å². The van der Waals surface area contributed by atoms with Gasteiger partial charge in [0.25, 0.3) is 0 Å². The second kappa shape index (κ2) is 56.7. The third-order valence-corrected chi connectivity index (χ3v) is 11.8. The summed E-state index contributed by atoms with van der Waals surface area (Å²) in [7, 11) is 0. The van der Waals surface area contributed by atoms with E-state index >= 15 is 0 Å². The van der Waals surface area contributed by atoms with Crippen LogP contribution >= 0.6 is 0 Å². The second-order valence-electron chi connectivity index (χ2n) is 18.4. The summed E-state index contributed by atoms with van der Waals surface area (Å²) >= 11 is 0. The first-order valence-corrected chi connectivity index (χ1v) is 28.4. The molecule has 0 amide bonds. The van der Waals surface area contributed by atoms with Gasteiger partial charge in [0.2, 0.25) is 0 Å². The maximum absolute atomic E-state index is 12.8. The average molecular weight is 958 g/mol. The van der Waals surface area contributed by atoms with Crippen molar-refractivity contribution >= 4 is 17.9 Å². The van der Waals surface area contributed by atoms with Gasteiger partial charge in [-0.2, -0.15) is 0 Å². The van der Waals surface area contributed by atoms with E-state index in [-0.39, 0.29) is 37.5 Å². The lowest BCUT2D eigenvalue weighted by Crippen LogP contribution is -2.30. The van der Waals surface area contributed by atoms with Gasteiger partial charge in [-0.05, 0) is 96.3 Å². The Hall–Kier alpha value is -3.93. The Morgan fingerprint density at radius 3 is 0.928 bits per heavy atom. The summed E-state index contributed by atoms with van der Waals surface area (Å²) in [5.41, 5.74) is 0. The Balaban J connectivity index is 4.51. The molecule has 1 atom stereocenters. The molecule has 0 radical (unpaired) electrons. The van der Waals surface area contributed by atoms with Gasteiger partial charge in [-0.15, -0.1) is 0 Å². The van der Waals surface area contributed by atoms with Crippen molar-refractivity contribution in [1.82, 2.24) is 0 Å². The molecular formula is C63H104O6. The molecule has 0 spiro atoms. The smallest absolute Gasteiger partial charge is 0.306 e. The molecule has 0 aliphatic rings. The largest absolute Gasteiger partial charge is 0.462 e. The summed E-state index contributed by atoms with van der Waals surface area (Å²) in [6, 6.07) is 0. The van der Waals surface area contributed by atoms with Crippen molar-refractivity contribution in [2.24, 2.45) is 0 Å². The van der Waals surface area contributed by atoms with Crippen LogP contribution in [0.2, 0.25) is 0 Å². The number of hydrogen-bond acceptors (Lipinski definition) is 6. The van der Waals surface area contributed by atoms with E-state index in [0.29, 0.717) is 19.3 Å². The van der Waals surface area contributed by atoms with Crippen LogP contribution in [0.3, 0.4) is 0 Å². The molecule has 0 aromatic carbocycles. The van der Waals surface area contributed by atoms with Crippen LogP contribution in [0.25, 0.3) is 0 Å². The van der Waals surface area contributed by atoms with Crippen molar-refractivity contribution in [3.8, 4) is 0 Å². The lowest BCUT2D eigenvalue weighted by Gasteiger charge is -2.18. The van der Waals surface area contributed by atoms with Crippen LogP contribution in [0.4, 0.5) is 0 Å². The predicted octanol–water partition coefficient (Wildman–Crippen LogP) is 19.1. The summed E-state index contributed by atoms with van der Waals surface area (Å²) in [5.74, 6) is -0.990. The van der Waals surface area contributed by atoms with Crippen LogP contribution in [0.5, 0.6) is 0 Å². The van der Waals surface area contributed by atoms with Gasteiger partial charge in [0.15, 0.2) is 6.10 Å². The maximum atomic E-state index is 12.8. The fraction of sp³-hybridized carbons (Fsp3) is 0.667. The molecule has 6 nitrogen and oxygen atoms in total. The lowest BCUT2D eigenvalue weighted by molar-refractivity contribution is -0.167. The SMILES string of the molecule is CC/C=C\C/C=C\C/C=C\C/C=C\C/C=C\CCCC(=O)O[C@H](COC(=O)CCCCCC/C=C\C/C=C\C/C=C\C/C=C\CC)COC(=O)CCCCCCCCCCCCCCCCCCC. The number of rotatable bonds is 50. The standard InChI is InChI=1S/C63H104O6/c1-4-7-10-13-16-19-22-25-28-31-34-37-40-43-46-49-52-55-61(64)67-58-60(69-63(66)57-54-51-48-45-42-39-36-33-30-27-24-21-18-15-12-9-6-3)59-68-62(65)56-53-50-47-44-41-38-35-32-29-26-23-20-17-14-11-8-5-2/h7,9-10,12,16,18-19,21,25,27-28,30,34,36-37,39,45,48,60H,4-6,8,11,13-15,17,20,22-24,26,29,31-33,35,38,40-44,46-47,49-59H2,1-3H3/b10-7-,12-9-,19-16-,21-18-,28-25-,30-27-,37-34-,39-36-,48-45-/t60-/m1/s1. The van der Waals surface area contributed by atoms with E-state index in [9.17, 15) is 14.4 Å². The Kier molecular flexibility index (Phi) is 53.4. The van der Waals surface area contributed by atoms with E-state index in [1.165, 1.54) is 89.9 Å². The Morgan fingerprint density at radius 1 is 0.304 bits per heavy atom. The summed E-state index contributed by atoms with van der Waals surface area (Å²) < 4.78 is 16.8. The summed E-state index contributed by atoms with van der Waals surface area (Å²) in [4.78, 5) is 38.1. The molecule has 392 valence electrons. The number of hydrogen-bond donors (Lipinski definition) is 0. The van der Waals surface area contributed by atoms with Crippen LogP contribution in [-0.4, -0.2) is 37.2 Å². The molecule has 0 saturated heterocycles. The third kappa shape index (κ3) is 54.9. The average Bonchev–Trinajstić information content (AvgIpc) is 3.35. The quantitative estimate of drug-likeness (QED) is 0.0262. The van der Waals surface area contributed by atoms with Crippen molar-refractivity contribution in [2.45, 2.75) is 258 Å². The topological polar surface area (TPSA) is 78.9 Å². The predicted molar refractivity (Wildman–Crippen MR) is 297 cm³/mol. The molecule has 0 bridgehead atoms. The zero-order valence-corrected chi connectivity index (χ0v) is 44.8. The molecule has 0 aliphatic carbocycles. The van der Waals surface area contributed by atoms with Crippen molar-refractivity contribution in [2.75, 3.05) is 13.2 Å². The van der Waals surface area contributed by atoms with Gasteiger partial charge in [0.1, 0.15) is 13.2 Å². The molecule has 0 aliphatic heterocycles. The molecule has 0 N–H and O–H groups in total. The molecule has 0 aromatic heterocycles. The minimum atomic E-state index is -0.819. The van der Waals surface area contributed by atoms with Crippen molar-refractivity contribution in [1.29, 1.82) is 0 Å². The fourth-order valence-electron chi connectivity index (χ4n) is 7.59. The van der Waals surface area contributed by atoms with Crippen molar-refractivity contribution in [3.63, 3.8) is 0 Å². The number of allylic oxidation sites excluding steroid dienone is 18. The van der Waals surface area contributed by atoms with Crippen molar-refractivity contribution < 1.29 is 28.6 Å². The number of unbranched alkanes of at least 4 members (excludes halogenated alkanes) is 21. The molecule has 0 unspecified atom stereocenters. The normalized spacial score (nSPS) is 12.9. The van der Waals surface area contributed by atoms with Crippen LogP contribution in [-0.2, 0) is 28.6 Å². The fourth-order valence-corrected chi connectivity index (χ4v) is 7.59. The number of esters is 3. The third-order valence-electron chi connectivity index (χ3n) is 11.8. The first kappa shape index (κ1) is 65.1. The van der Waals surface area contributed by atoms with Gasteiger partial charge < -0.3 is 14.2 Å². The van der Waals surface area contributed by atoms with Gasteiger partial charge in [-0.25, -0.2) is 0 Å². The van der Waals surface area contributed by atoms with Gasteiger partial charge >= 0.3 is 17.9 Å². The second-order valence-corrected chi connectivity index (χ2v) is 18.4. The van der Waals surface area contributed by atoms with Gasteiger partial charge in [-0.3, -0.25) is 14.4 Å². The highest BCUT2D eigenvalue weighted by molar-refractivity contribution is 5.71. The molecule has 6 heteroatoms. The summed E-state index contributed by atoms with van der Waals surface area (Å²) in [5, 5.41) is 0. The molecule has 0 fully saturated rings. The van der Waals surface area contributed by atoms with Gasteiger partial charge in [-0.1, -0.05) is 246 Å². The van der Waals surface area contributed by atoms with Gasteiger partial charge in [0.05, 0.1) is 0 Å². The maximum Gasteiger partial charge on any atom is 0.306 e. The Labute approximate surface area is 425 Å². The Morgan fingerprint density at radius 2 is 0.580 bits per heavy atom. The van der Waals surface area contributed by atoms with E-state index in [2.05, 4.69) is 130 Å². The molecule has 0 heterocycles. The molecular weight excluding hydrogens is 853 g/mol. The molecule has 69 heavy (non-hydrogen) atoms. The van der Waals surface area contributed by atoms with Crippen LogP contribution in [0.1, 0.15) is 252 Å². The number of carbonyl (C=O) groups excluding carboxylic acids is 3. The highest BCUT2D eigenvalue weighted by atomic mass is 16.6. The number of ether oxygens (including phenoxy) is 3. The lowest BCUT2D eigenvalue weighted by atomic mass is 10.0. The minimum absolute atomic E-state index is 0.108. The highest BCUT2D eigenvalue weighted by Crippen LogP contribution is 2.15. The van der Waals surface area contributed by atoms with E-state index in [1.54, 1.807) is 0 Å². The highest BCUT2D eigenvalue weighted by Gasteiger charge is 2.19. The van der Waals surface area contributed by atoms with E-state index in [0.717, 1.165) is 116 Å². The monoisotopic (exact) mass is 957 g/mol. The first-order valence-electron chi connectivity index (χ1n) is 28.4. The van der Waals surface area contributed by atoms with Crippen LogP contribution in [0, 0.1) is 0 Å². The zero-order valence-electron chi connectivity index (χ0n) is 44.8. The minimum Gasteiger partial charge on any atom is -0.462 e. The van der Waals surface area contributed by atoms with Gasteiger partial charge in [0, 0.05) is 19.3 Å². The number of carbonyl (C=O) groups is 3. The van der Waals surface area contributed by atoms with E-state index in [1.807, 2.05) is 0 Å². The van der Waals surface area contributed by atoms with E-state index in [4.69, 9.17) is 14.2 Å². The Bertz CT molecular complexity index is 1420. The summed E-state index contributed by atoms with van der Waals surface area (Å²) in [6.07, 6.45) is 76.5. The summed E-state index contributed by atoms with van der Waals surface area (Å²) in [6.45, 7) is 6.35. The first-order chi connectivity index (χ1) is 34.0. The molecule has 0 aromatic rings. The zero-order chi connectivity index (χ0) is 50.0. The van der Waals surface area contributed by atoms with Crippen molar-refractivity contribution in [3.05, 3.63) is 109 Å². The molecule has 0 saturated carbocycles. The van der Waals surface area contributed by atoms with Crippen LogP contribution < -0.4 is 0 Å². The molecule has 0 rings (SSSR count). The van der Waals surface area contributed by atoms with E-state index < -0.39 is 6.10 Å².